The first-order valence-corrected chi connectivity index (χ1v) is 7.78. The van der Waals surface area contributed by atoms with Crippen LogP contribution < -0.4 is 5.32 Å². The Hall–Kier alpha value is -1.11. The summed E-state index contributed by atoms with van der Waals surface area (Å²) in [6, 6.07) is 6.48. The second-order valence-electron chi connectivity index (χ2n) is 5.05. The number of carbonyl (C=O) groups excluding carboxylic acids is 1. The average Bonchev–Trinajstić information content (AvgIpc) is 2.45. The molecular weight excluding hydrogens is 293 g/mol. The first-order valence-electron chi connectivity index (χ1n) is 6.80. The highest BCUT2D eigenvalue weighted by Crippen LogP contribution is 2.21. The number of thioether (sulfide) groups is 1. The summed E-state index contributed by atoms with van der Waals surface area (Å²) in [5.41, 5.74) is -0.982. The van der Waals surface area contributed by atoms with E-state index in [9.17, 15) is 14.3 Å². The van der Waals surface area contributed by atoms with Gasteiger partial charge in [-0.15, -0.1) is 11.8 Å². The first-order chi connectivity index (χ1) is 9.94. The summed E-state index contributed by atoms with van der Waals surface area (Å²) in [5.74, 6) is 0.0643. The van der Waals surface area contributed by atoms with Gasteiger partial charge < -0.3 is 15.2 Å². The normalized spacial score (nSPS) is 13.7. The standard InChI is InChI=1S/C15H22FNO3S/c1-15(19,8-9-20-2)11-17-14(18)7-10-21-13-6-4-3-5-12(13)16/h3-6,19H,7-11H2,1-2H3,(H,17,18). The van der Waals surface area contributed by atoms with Crippen LogP contribution in [0.3, 0.4) is 0 Å². The smallest absolute Gasteiger partial charge is 0.220 e. The molecule has 4 nitrogen and oxygen atoms in total. The maximum Gasteiger partial charge on any atom is 0.220 e. The summed E-state index contributed by atoms with van der Waals surface area (Å²) in [5, 5.41) is 12.7. The third-order valence-electron chi connectivity index (χ3n) is 2.93. The molecule has 1 unspecified atom stereocenters. The van der Waals surface area contributed by atoms with Gasteiger partial charge in [-0.1, -0.05) is 12.1 Å². The Balaban J connectivity index is 2.24. The van der Waals surface area contributed by atoms with Crippen molar-refractivity contribution >= 4 is 17.7 Å². The third-order valence-corrected chi connectivity index (χ3v) is 3.98. The van der Waals surface area contributed by atoms with Crippen LogP contribution in [0.1, 0.15) is 19.8 Å². The van der Waals surface area contributed by atoms with Crippen molar-refractivity contribution < 1.29 is 19.0 Å². The largest absolute Gasteiger partial charge is 0.388 e. The fraction of sp³-hybridized carbons (Fsp3) is 0.533. The number of carbonyl (C=O) groups is 1. The molecule has 0 saturated carbocycles. The molecule has 118 valence electrons. The molecule has 1 aromatic carbocycles. The number of nitrogens with one attached hydrogen (secondary N) is 1. The minimum Gasteiger partial charge on any atom is -0.388 e. The molecule has 0 spiro atoms. The first kappa shape index (κ1) is 17.9. The van der Waals surface area contributed by atoms with Gasteiger partial charge in [-0.25, -0.2) is 4.39 Å². The predicted octanol–water partition coefficient (Wildman–Crippen LogP) is 2.21. The number of methoxy groups -OCH3 is 1. The molecule has 0 radical (unpaired) electrons. The van der Waals surface area contributed by atoms with Crippen LogP contribution >= 0.6 is 11.8 Å². The third kappa shape index (κ3) is 7.45. The quantitative estimate of drug-likeness (QED) is 0.686. The molecule has 0 fully saturated rings. The summed E-state index contributed by atoms with van der Waals surface area (Å²) in [6.45, 7) is 2.27. The minimum absolute atomic E-state index is 0.156. The van der Waals surface area contributed by atoms with E-state index in [1.807, 2.05) is 0 Å². The van der Waals surface area contributed by atoms with Crippen molar-refractivity contribution in [1.29, 1.82) is 0 Å². The molecule has 0 bridgehead atoms. The van der Waals surface area contributed by atoms with E-state index in [0.29, 0.717) is 23.7 Å². The Kier molecular flexibility index (Phi) is 7.71. The summed E-state index contributed by atoms with van der Waals surface area (Å²) in [4.78, 5) is 12.2. The molecule has 0 aliphatic rings. The van der Waals surface area contributed by atoms with Gasteiger partial charge in [0.05, 0.1) is 5.60 Å². The number of hydrogen-bond acceptors (Lipinski definition) is 4. The Morgan fingerprint density at radius 2 is 2.19 bits per heavy atom. The molecule has 2 N–H and O–H groups in total. The van der Waals surface area contributed by atoms with Crippen LogP contribution in [-0.4, -0.2) is 42.6 Å². The Labute approximate surface area is 129 Å². The maximum atomic E-state index is 13.4. The van der Waals surface area contributed by atoms with E-state index in [0.717, 1.165) is 0 Å². The van der Waals surface area contributed by atoms with Crippen LogP contribution in [0.5, 0.6) is 0 Å². The molecule has 6 heteroatoms. The Morgan fingerprint density at radius 3 is 2.86 bits per heavy atom. The molecule has 1 aromatic rings. The lowest BCUT2D eigenvalue weighted by Crippen LogP contribution is -2.41. The zero-order valence-electron chi connectivity index (χ0n) is 12.4. The lowest BCUT2D eigenvalue weighted by Gasteiger charge is -2.23. The molecule has 0 aromatic heterocycles. The molecule has 1 amide bonds. The number of halogens is 1. The van der Waals surface area contributed by atoms with Crippen molar-refractivity contribution in [3.05, 3.63) is 30.1 Å². The topological polar surface area (TPSA) is 58.6 Å². The second-order valence-corrected chi connectivity index (χ2v) is 6.18. The van der Waals surface area contributed by atoms with Gasteiger partial charge in [0.1, 0.15) is 5.82 Å². The lowest BCUT2D eigenvalue weighted by molar-refractivity contribution is -0.122. The van der Waals surface area contributed by atoms with Crippen LogP contribution in [0, 0.1) is 5.82 Å². The highest BCUT2D eigenvalue weighted by Gasteiger charge is 2.20. The van der Waals surface area contributed by atoms with Crippen molar-refractivity contribution in [2.45, 2.75) is 30.3 Å². The molecule has 1 atom stereocenters. The van der Waals surface area contributed by atoms with Crippen molar-refractivity contribution in [1.82, 2.24) is 5.32 Å². The number of ether oxygens (including phenoxy) is 1. The van der Waals surface area contributed by atoms with E-state index in [2.05, 4.69) is 5.32 Å². The van der Waals surface area contributed by atoms with Gasteiger partial charge in [0.15, 0.2) is 0 Å². The van der Waals surface area contributed by atoms with E-state index >= 15 is 0 Å². The van der Waals surface area contributed by atoms with Gasteiger partial charge in [-0.3, -0.25) is 4.79 Å². The Morgan fingerprint density at radius 1 is 1.48 bits per heavy atom. The predicted molar refractivity (Wildman–Crippen MR) is 81.9 cm³/mol. The summed E-state index contributed by atoms with van der Waals surface area (Å²) in [6.07, 6.45) is 0.729. The van der Waals surface area contributed by atoms with E-state index in [4.69, 9.17) is 4.74 Å². The fourth-order valence-corrected chi connectivity index (χ4v) is 2.49. The average molecular weight is 315 g/mol. The fourth-order valence-electron chi connectivity index (χ4n) is 1.60. The second kappa shape index (κ2) is 9.02. The minimum atomic E-state index is -0.982. The zero-order chi connectivity index (χ0) is 15.7. The molecule has 21 heavy (non-hydrogen) atoms. The van der Waals surface area contributed by atoms with Crippen LogP contribution in [-0.2, 0) is 9.53 Å². The molecule has 0 saturated heterocycles. The van der Waals surface area contributed by atoms with Crippen LogP contribution in [0.4, 0.5) is 4.39 Å². The van der Waals surface area contributed by atoms with E-state index in [1.165, 1.54) is 17.8 Å². The van der Waals surface area contributed by atoms with Gasteiger partial charge in [-0.05, 0) is 19.1 Å². The van der Waals surface area contributed by atoms with Crippen molar-refractivity contribution in [3.63, 3.8) is 0 Å². The SMILES string of the molecule is COCCC(C)(O)CNC(=O)CCSc1ccccc1F. The van der Waals surface area contributed by atoms with Gasteiger partial charge in [0.25, 0.3) is 0 Å². The lowest BCUT2D eigenvalue weighted by atomic mass is 10.0. The highest BCUT2D eigenvalue weighted by atomic mass is 32.2. The van der Waals surface area contributed by atoms with E-state index in [-0.39, 0.29) is 24.7 Å². The van der Waals surface area contributed by atoms with Gasteiger partial charge >= 0.3 is 0 Å². The maximum absolute atomic E-state index is 13.4. The summed E-state index contributed by atoms with van der Waals surface area (Å²) >= 11 is 1.30. The number of aliphatic hydroxyl groups is 1. The molecule has 1 rings (SSSR count). The number of benzene rings is 1. The number of rotatable bonds is 9. The molecule has 0 heterocycles. The monoisotopic (exact) mass is 315 g/mol. The van der Waals surface area contributed by atoms with Gasteiger partial charge in [0, 0.05) is 43.8 Å². The van der Waals surface area contributed by atoms with E-state index < -0.39 is 5.60 Å². The van der Waals surface area contributed by atoms with Crippen molar-refractivity contribution in [3.8, 4) is 0 Å². The van der Waals surface area contributed by atoms with Crippen molar-refractivity contribution in [2.75, 3.05) is 26.0 Å². The van der Waals surface area contributed by atoms with Crippen LogP contribution in [0.15, 0.2) is 29.2 Å². The summed E-state index contributed by atoms with van der Waals surface area (Å²) < 4.78 is 18.3. The van der Waals surface area contributed by atoms with Crippen LogP contribution in [0.25, 0.3) is 0 Å². The van der Waals surface area contributed by atoms with Gasteiger partial charge in [-0.2, -0.15) is 0 Å². The molecule has 0 aliphatic carbocycles. The number of amides is 1. The Bertz CT molecular complexity index is 454. The van der Waals surface area contributed by atoms with Crippen LogP contribution in [0.2, 0.25) is 0 Å². The highest BCUT2D eigenvalue weighted by molar-refractivity contribution is 7.99. The molecular formula is C15H22FNO3S. The molecule has 0 aliphatic heterocycles. The number of hydrogen-bond donors (Lipinski definition) is 2. The van der Waals surface area contributed by atoms with Crippen molar-refractivity contribution in [2.24, 2.45) is 0 Å². The van der Waals surface area contributed by atoms with E-state index in [1.54, 1.807) is 32.2 Å². The van der Waals surface area contributed by atoms with Gasteiger partial charge in [0.2, 0.25) is 5.91 Å². The summed E-state index contributed by atoms with van der Waals surface area (Å²) in [7, 11) is 1.56. The zero-order valence-corrected chi connectivity index (χ0v) is 13.2.